The molecule has 6 heteroatoms. The van der Waals surface area contributed by atoms with Crippen LogP contribution in [0.15, 0.2) is 12.3 Å². The predicted molar refractivity (Wildman–Crippen MR) is 37.2 cm³/mol. The van der Waals surface area contributed by atoms with Gasteiger partial charge in [-0.15, -0.1) is 0 Å². The van der Waals surface area contributed by atoms with Gasteiger partial charge in [-0.2, -0.15) is 8.42 Å². The maximum absolute atomic E-state index is 10.7. The van der Waals surface area contributed by atoms with Crippen molar-refractivity contribution in [1.29, 1.82) is 0 Å². The summed E-state index contributed by atoms with van der Waals surface area (Å²) in [7, 11) is -4.26. The summed E-state index contributed by atoms with van der Waals surface area (Å²) in [5.41, 5.74) is 0.317. The molecule has 5 nitrogen and oxygen atoms in total. The van der Waals surface area contributed by atoms with E-state index in [-0.39, 0.29) is 6.42 Å². The molecule has 1 unspecified atom stereocenters. The SMILES string of the molecule is C=C1CC(S(=O)(=O)O)C(=O)N1. The van der Waals surface area contributed by atoms with E-state index in [2.05, 4.69) is 11.9 Å². The molecule has 11 heavy (non-hydrogen) atoms. The molecule has 1 amide bonds. The molecule has 0 radical (unpaired) electrons. The minimum Gasteiger partial charge on any atom is -0.329 e. The lowest BCUT2D eigenvalue weighted by atomic mass is 10.3. The zero-order valence-electron chi connectivity index (χ0n) is 5.57. The molecule has 1 atom stereocenters. The second-order valence-corrected chi connectivity index (χ2v) is 3.90. The number of carbonyl (C=O) groups is 1. The number of hydrogen-bond acceptors (Lipinski definition) is 3. The average Bonchev–Trinajstić information content (AvgIpc) is 2.08. The summed E-state index contributed by atoms with van der Waals surface area (Å²) >= 11 is 0. The van der Waals surface area contributed by atoms with E-state index in [9.17, 15) is 13.2 Å². The van der Waals surface area contributed by atoms with E-state index in [1.54, 1.807) is 0 Å². The molecule has 0 saturated carbocycles. The maximum Gasteiger partial charge on any atom is 0.277 e. The molecular formula is C5H7NO4S. The summed E-state index contributed by atoms with van der Waals surface area (Å²) in [6, 6.07) is 0. The van der Waals surface area contributed by atoms with Crippen molar-refractivity contribution in [2.75, 3.05) is 0 Å². The quantitative estimate of drug-likeness (QED) is 0.517. The van der Waals surface area contributed by atoms with Crippen molar-refractivity contribution >= 4 is 16.0 Å². The van der Waals surface area contributed by atoms with Crippen LogP contribution in [0, 0.1) is 0 Å². The van der Waals surface area contributed by atoms with Crippen molar-refractivity contribution in [3.8, 4) is 0 Å². The van der Waals surface area contributed by atoms with E-state index in [1.807, 2.05) is 0 Å². The van der Waals surface area contributed by atoms with Crippen molar-refractivity contribution in [2.45, 2.75) is 11.7 Å². The van der Waals surface area contributed by atoms with E-state index < -0.39 is 21.3 Å². The number of rotatable bonds is 1. The highest BCUT2D eigenvalue weighted by Crippen LogP contribution is 2.15. The fraction of sp³-hybridized carbons (Fsp3) is 0.400. The van der Waals surface area contributed by atoms with Crippen LogP contribution in [0.1, 0.15) is 6.42 Å². The minimum absolute atomic E-state index is 0.0440. The highest BCUT2D eigenvalue weighted by molar-refractivity contribution is 7.87. The molecule has 2 N–H and O–H groups in total. The molecule has 1 fully saturated rings. The summed E-state index contributed by atoms with van der Waals surface area (Å²) < 4.78 is 29.4. The van der Waals surface area contributed by atoms with Crippen molar-refractivity contribution in [1.82, 2.24) is 5.32 Å². The third kappa shape index (κ3) is 1.58. The Bertz CT molecular complexity index is 304. The average molecular weight is 177 g/mol. The van der Waals surface area contributed by atoms with Gasteiger partial charge in [0.05, 0.1) is 0 Å². The third-order valence-electron chi connectivity index (χ3n) is 1.38. The molecule has 1 saturated heterocycles. The van der Waals surface area contributed by atoms with Crippen molar-refractivity contribution in [2.24, 2.45) is 0 Å². The van der Waals surface area contributed by atoms with Gasteiger partial charge in [0.1, 0.15) is 0 Å². The minimum atomic E-state index is -4.26. The van der Waals surface area contributed by atoms with E-state index in [0.717, 1.165) is 0 Å². The molecule has 0 aromatic carbocycles. The summed E-state index contributed by atoms with van der Waals surface area (Å²) in [5.74, 6) is -0.711. The molecule has 62 valence electrons. The summed E-state index contributed by atoms with van der Waals surface area (Å²) in [6.45, 7) is 3.36. The number of nitrogens with one attached hydrogen (secondary N) is 1. The largest absolute Gasteiger partial charge is 0.329 e. The first-order chi connectivity index (χ1) is 4.91. The molecule has 0 bridgehead atoms. The van der Waals surface area contributed by atoms with Crippen molar-refractivity contribution < 1.29 is 17.8 Å². The van der Waals surface area contributed by atoms with Crippen molar-refractivity contribution in [3.63, 3.8) is 0 Å². The van der Waals surface area contributed by atoms with Crippen molar-refractivity contribution in [3.05, 3.63) is 12.3 Å². The molecule has 0 aromatic rings. The Morgan fingerprint density at radius 2 is 2.18 bits per heavy atom. The van der Waals surface area contributed by atoms with E-state index >= 15 is 0 Å². The molecule has 0 aliphatic carbocycles. The van der Waals surface area contributed by atoms with Gasteiger partial charge >= 0.3 is 0 Å². The molecule has 1 heterocycles. The fourth-order valence-corrected chi connectivity index (χ4v) is 1.60. The Hall–Kier alpha value is -0.880. The fourth-order valence-electron chi connectivity index (χ4n) is 0.863. The van der Waals surface area contributed by atoms with Gasteiger partial charge in [0.15, 0.2) is 5.25 Å². The topological polar surface area (TPSA) is 83.5 Å². The molecular weight excluding hydrogens is 170 g/mol. The first kappa shape index (κ1) is 8.22. The highest BCUT2D eigenvalue weighted by Gasteiger charge is 2.36. The maximum atomic E-state index is 10.7. The van der Waals surface area contributed by atoms with Gasteiger partial charge in [0, 0.05) is 12.1 Å². The Labute approximate surface area is 63.8 Å². The smallest absolute Gasteiger partial charge is 0.277 e. The van der Waals surface area contributed by atoms with E-state index in [1.165, 1.54) is 0 Å². The third-order valence-corrected chi connectivity index (χ3v) is 2.48. The van der Waals surface area contributed by atoms with Crippen LogP contribution in [-0.4, -0.2) is 24.1 Å². The molecule has 0 spiro atoms. The van der Waals surface area contributed by atoms with Gasteiger partial charge in [-0.1, -0.05) is 6.58 Å². The number of carbonyl (C=O) groups excluding carboxylic acids is 1. The molecule has 0 aromatic heterocycles. The van der Waals surface area contributed by atoms with Gasteiger partial charge in [-0.25, -0.2) is 0 Å². The molecule has 1 rings (SSSR count). The van der Waals surface area contributed by atoms with E-state index in [4.69, 9.17) is 4.55 Å². The van der Waals surface area contributed by atoms with Gasteiger partial charge in [0.25, 0.3) is 10.1 Å². The number of amides is 1. The van der Waals surface area contributed by atoms with Gasteiger partial charge in [0.2, 0.25) is 5.91 Å². The second kappa shape index (κ2) is 2.31. The lowest BCUT2D eigenvalue weighted by Crippen LogP contribution is -2.29. The van der Waals surface area contributed by atoms with Crippen LogP contribution < -0.4 is 5.32 Å². The first-order valence-electron chi connectivity index (χ1n) is 2.86. The highest BCUT2D eigenvalue weighted by atomic mass is 32.2. The predicted octanol–water partition coefficient (Wildman–Crippen LogP) is -0.724. The van der Waals surface area contributed by atoms with Gasteiger partial charge < -0.3 is 5.32 Å². The molecule has 1 aliphatic rings. The van der Waals surface area contributed by atoms with Gasteiger partial charge in [-0.3, -0.25) is 9.35 Å². The Kier molecular flexibility index (Phi) is 1.73. The Morgan fingerprint density at radius 3 is 2.36 bits per heavy atom. The summed E-state index contributed by atoms with van der Waals surface area (Å²) in [4.78, 5) is 10.7. The monoisotopic (exact) mass is 177 g/mol. The van der Waals surface area contributed by atoms with Crippen LogP contribution >= 0.6 is 0 Å². The van der Waals surface area contributed by atoms with Gasteiger partial charge in [-0.05, 0) is 0 Å². The van der Waals surface area contributed by atoms with Crippen LogP contribution in [0.3, 0.4) is 0 Å². The Morgan fingerprint density at radius 1 is 1.64 bits per heavy atom. The van der Waals surface area contributed by atoms with Crippen LogP contribution in [0.4, 0.5) is 0 Å². The summed E-state index contributed by atoms with van der Waals surface area (Å²) in [6.07, 6.45) is -0.0440. The lowest BCUT2D eigenvalue weighted by Gasteiger charge is -1.98. The van der Waals surface area contributed by atoms with Crippen LogP contribution in [-0.2, 0) is 14.9 Å². The summed E-state index contributed by atoms with van der Waals surface area (Å²) in [5, 5.41) is 0.835. The second-order valence-electron chi connectivity index (χ2n) is 2.30. The first-order valence-corrected chi connectivity index (χ1v) is 4.36. The van der Waals surface area contributed by atoms with E-state index in [0.29, 0.717) is 5.70 Å². The number of allylic oxidation sites excluding steroid dienone is 1. The lowest BCUT2D eigenvalue weighted by molar-refractivity contribution is -0.118. The normalized spacial score (nSPS) is 25.4. The zero-order chi connectivity index (χ0) is 8.65. The molecule has 1 aliphatic heterocycles. The van der Waals surface area contributed by atoms with Crippen LogP contribution in [0.25, 0.3) is 0 Å². The standard InChI is InChI=1S/C5H7NO4S/c1-3-2-4(5(7)6-3)11(8,9)10/h4H,1-2H2,(H,6,7)(H,8,9,10). The Balaban J connectivity index is 2.94. The zero-order valence-corrected chi connectivity index (χ0v) is 6.39. The van der Waals surface area contributed by atoms with Crippen LogP contribution in [0.2, 0.25) is 0 Å². The number of hydrogen-bond donors (Lipinski definition) is 2. The van der Waals surface area contributed by atoms with Crippen LogP contribution in [0.5, 0.6) is 0 Å².